The van der Waals surface area contributed by atoms with Crippen molar-refractivity contribution in [2.75, 3.05) is 13.7 Å². The number of hydrogen-bond acceptors (Lipinski definition) is 4. The zero-order valence-corrected chi connectivity index (χ0v) is 13.6. The summed E-state index contributed by atoms with van der Waals surface area (Å²) in [6.45, 7) is 4.28. The van der Waals surface area contributed by atoms with Crippen LogP contribution in [-0.2, 0) is 14.3 Å². The summed E-state index contributed by atoms with van der Waals surface area (Å²) in [5.41, 5.74) is 2.47. The zero-order chi connectivity index (χ0) is 16.8. The van der Waals surface area contributed by atoms with Gasteiger partial charge in [0.2, 0.25) is 0 Å². The summed E-state index contributed by atoms with van der Waals surface area (Å²) < 4.78 is 10.5. The van der Waals surface area contributed by atoms with Crippen molar-refractivity contribution in [2.24, 2.45) is 0 Å². The van der Waals surface area contributed by atoms with Crippen LogP contribution < -0.4 is 5.32 Å². The Morgan fingerprint density at radius 3 is 2.57 bits per heavy atom. The molecule has 2 rings (SSSR count). The maximum Gasteiger partial charge on any atom is 0.337 e. The van der Waals surface area contributed by atoms with Gasteiger partial charge >= 0.3 is 5.97 Å². The van der Waals surface area contributed by atoms with Gasteiger partial charge in [-0.1, -0.05) is 23.8 Å². The third kappa shape index (κ3) is 4.07. The molecular formula is C18H21NO4. The third-order valence-electron chi connectivity index (χ3n) is 3.67. The molecule has 0 unspecified atom stereocenters. The Morgan fingerprint density at radius 1 is 1.26 bits per heavy atom. The lowest BCUT2D eigenvalue weighted by Gasteiger charge is -2.26. The molecule has 0 saturated carbocycles. The number of benzene rings is 1. The summed E-state index contributed by atoms with van der Waals surface area (Å²) in [4.78, 5) is 24.2. The summed E-state index contributed by atoms with van der Waals surface area (Å²) in [6.07, 6.45) is 1.91. The smallest absolute Gasteiger partial charge is 0.337 e. The second-order valence-electron chi connectivity index (χ2n) is 5.25. The molecule has 1 aromatic rings. The van der Waals surface area contributed by atoms with Crippen molar-refractivity contribution in [3.63, 3.8) is 0 Å². The molecule has 0 radical (unpaired) electrons. The third-order valence-corrected chi connectivity index (χ3v) is 3.67. The van der Waals surface area contributed by atoms with Crippen LogP contribution in [0.3, 0.4) is 0 Å². The second kappa shape index (κ2) is 7.74. The maximum absolute atomic E-state index is 12.4. The zero-order valence-electron chi connectivity index (χ0n) is 13.6. The van der Waals surface area contributed by atoms with E-state index in [1.54, 1.807) is 30.3 Å². The highest BCUT2D eigenvalue weighted by molar-refractivity contribution is 5.96. The molecule has 1 amide bonds. The topological polar surface area (TPSA) is 64.6 Å². The fourth-order valence-electron chi connectivity index (χ4n) is 2.47. The summed E-state index contributed by atoms with van der Waals surface area (Å²) in [5.74, 6) is -0.644. The average Bonchev–Trinajstić information content (AvgIpc) is 2.57. The highest BCUT2D eigenvalue weighted by Crippen LogP contribution is 2.26. The van der Waals surface area contributed by atoms with E-state index < -0.39 is 5.97 Å². The number of ether oxygens (including phenoxy) is 2. The summed E-state index contributed by atoms with van der Waals surface area (Å²) >= 11 is 0. The fraction of sp³-hybridized carbons (Fsp3) is 0.333. The second-order valence-corrected chi connectivity index (χ2v) is 5.25. The molecule has 122 valence electrons. The monoisotopic (exact) mass is 315 g/mol. The molecule has 0 fully saturated rings. The van der Waals surface area contributed by atoms with E-state index in [0.29, 0.717) is 29.9 Å². The predicted molar refractivity (Wildman–Crippen MR) is 86.7 cm³/mol. The van der Waals surface area contributed by atoms with Crippen LogP contribution >= 0.6 is 0 Å². The summed E-state index contributed by atoms with van der Waals surface area (Å²) in [6, 6.07) is 8.91. The van der Waals surface area contributed by atoms with Gasteiger partial charge in [0.15, 0.2) is 0 Å². The van der Waals surface area contributed by atoms with Gasteiger partial charge in [-0.2, -0.15) is 0 Å². The molecule has 1 N–H and O–H groups in total. The van der Waals surface area contributed by atoms with Crippen molar-refractivity contribution >= 4 is 11.9 Å². The largest absolute Gasteiger partial charge is 0.465 e. The van der Waals surface area contributed by atoms with E-state index in [9.17, 15) is 9.59 Å². The van der Waals surface area contributed by atoms with E-state index >= 15 is 0 Å². The molecule has 1 aliphatic carbocycles. The number of methoxy groups -OCH3 is 1. The Kier molecular flexibility index (Phi) is 5.71. The Bertz CT molecular complexity index is 646. The standard InChI is InChI=1S/C18H21NO4/c1-4-23-16-10-12(2)14(18(21)22-3)11-15(16)19-17(20)13-8-6-5-7-9-13/h5-9,11,16H,4,10H2,1-3H3,(H,19,20)/t16-/m0/s1. The SMILES string of the molecule is CCO[C@H]1CC(C)=C(C(=O)OC)C=C1NC(=O)c1ccccc1. The molecular weight excluding hydrogens is 294 g/mol. The Labute approximate surface area is 136 Å². The van der Waals surface area contributed by atoms with Crippen molar-refractivity contribution in [1.82, 2.24) is 5.32 Å². The lowest BCUT2D eigenvalue weighted by Crippen LogP contribution is -2.34. The van der Waals surface area contributed by atoms with Gasteiger partial charge in [0.1, 0.15) is 6.10 Å². The van der Waals surface area contributed by atoms with Crippen molar-refractivity contribution in [1.29, 1.82) is 0 Å². The quantitative estimate of drug-likeness (QED) is 0.848. The lowest BCUT2D eigenvalue weighted by atomic mass is 9.94. The van der Waals surface area contributed by atoms with E-state index in [0.717, 1.165) is 5.57 Å². The molecule has 0 heterocycles. The summed E-state index contributed by atoms with van der Waals surface area (Å²) in [5, 5.41) is 2.85. The molecule has 0 aliphatic heterocycles. The van der Waals surface area contributed by atoms with Crippen molar-refractivity contribution < 1.29 is 19.1 Å². The van der Waals surface area contributed by atoms with Crippen molar-refractivity contribution in [3.8, 4) is 0 Å². The van der Waals surface area contributed by atoms with Gasteiger partial charge in [0, 0.05) is 24.3 Å². The molecule has 1 aromatic carbocycles. The van der Waals surface area contributed by atoms with Crippen LogP contribution in [0, 0.1) is 0 Å². The first kappa shape index (κ1) is 17.0. The van der Waals surface area contributed by atoms with E-state index in [1.165, 1.54) is 7.11 Å². The molecule has 1 atom stereocenters. The molecule has 0 spiro atoms. The van der Waals surface area contributed by atoms with E-state index in [4.69, 9.17) is 9.47 Å². The number of rotatable bonds is 5. The predicted octanol–water partition coefficient (Wildman–Crippen LogP) is 2.60. The van der Waals surface area contributed by atoms with Crippen LogP contribution in [0.2, 0.25) is 0 Å². The van der Waals surface area contributed by atoms with E-state index in [1.807, 2.05) is 19.9 Å². The molecule has 0 saturated heterocycles. The Balaban J connectivity index is 2.27. The van der Waals surface area contributed by atoms with Crippen LogP contribution in [0.5, 0.6) is 0 Å². The van der Waals surface area contributed by atoms with Crippen molar-refractivity contribution in [2.45, 2.75) is 26.4 Å². The van der Waals surface area contributed by atoms with Crippen LogP contribution in [-0.4, -0.2) is 31.7 Å². The number of nitrogens with one attached hydrogen (secondary N) is 1. The highest BCUT2D eigenvalue weighted by Gasteiger charge is 2.26. The first-order chi connectivity index (χ1) is 11.1. The van der Waals surface area contributed by atoms with E-state index in [2.05, 4.69) is 5.32 Å². The van der Waals surface area contributed by atoms with Gasteiger partial charge < -0.3 is 14.8 Å². The van der Waals surface area contributed by atoms with Gasteiger partial charge in [-0.05, 0) is 32.1 Å². The minimum atomic E-state index is -0.413. The minimum Gasteiger partial charge on any atom is -0.465 e. The molecule has 23 heavy (non-hydrogen) atoms. The minimum absolute atomic E-state index is 0.231. The normalized spacial score (nSPS) is 17.5. The first-order valence-electron chi connectivity index (χ1n) is 7.54. The van der Waals surface area contributed by atoms with Crippen LogP contribution in [0.25, 0.3) is 0 Å². The number of hydrogen-bond donors (Lipinski definition) is 1. The van der Waals surface area contributed by atoms with Gasteiger partial charge in [0.25, 0.3) is 5.91 Å². The fourth-order valence-corrected chi connectivity index (χ4v) is 2.47. The molecule has 5 heteroatoms. The molecule has 0 bridgehead atoms. The van der Waals surface area contributed by atoms with Gasteiger partial charge in [-0.25, -0.2) is 4.79 Å². The molecule has 1 aliphatic rings. The molecule has 0 aromatic heterocycles. The van der Waals surface area contributed by atoms with E-state index in [-0.39, 0.29) is 12.0 Å². The molecule has 5 nitrogen and oxygen atoms in total. The Morgan fingerprint density at radius 2 is 1.96 bits per heavy atom. The van der Waals surface area contributed by atoms with Crippen LogP contribution in [0.4, 0.5) is 0 Å². The highest BCUT2D eigenvalue weighted by atomic mass is 16.5. The summed E-state index contributed by atoms with van der Waals surface area (Å²) in [7, 11) is 1.34. The average molecular weight is 315 g/mol. The number of amides is 1. The Hall–Kier alpha value is -2.40. The van der Waals surface area contributed by atoms with Crippen LogP contribution in [0.1, 0.15) is 30.6 Å². The number of carbonyl (C=O) groups is 2. The maximum atomic E-state index is 12.4. The van der Waals surface area contributed by atoms with Crippen molar-refractivity contribution in [3.05, 3.63) is 58.8 Å². The van der Waals surface area contributed by atoms with Gasteiger partial charge in [0.05, 0.1) is 12.7 Å². The van der Waals surface area contributed by atoms with Crippen LogP contribution in [0.15, 0.2) is 53.3 Å². The van der Waals surface area contributed by atoms with Gasteiger partial charge in [-0.3, -0.25) is 4.79 Å². The number of esters is 1. The lowest BCUT2D eigenvalue weighted by molar-refractivity contribution is -0.135. The number of carbonyl (C=O) groups excluding carboxylic acids is 2. The van der Waals surface area contributed by atoms with Gasteiger partial charge in [-0.15, -0.1) is 0 Å². The first-order valence-corrected chi connectivity index (χ1v) is 7.54.